The van der Waals surface area contributed by atoms with Gasteiger partial charge in [-0.15, -0.1) is 0 Å². The summed E-state index contributed by atoms with van der Waals surface area (Å²) in [5.41, 5.74) is 0. The average molecular weight is 227 g/mol. The lowest BCUT2D eigenvalue weighted by Gasteiger charge is -2.32. The van der Waals surface area contributed by atoms with E-state index in [0.717, 1.165) is 38.6 Å². The van der Waals surface area contributed by atoms with Gasteiger partial charge in [-0.25, -0.2) is 0 Å². The zero-order valence-corrected chi connectivity index (χ0v) is 10.6. The first-order chi connectivity index (χ1) is 7.66. The summed E-state index contributed by atoms with van der Waals surface area (Å²) < 4.78 is 0. The Balaban J connectivity index is 2.62. The van der Waals surface area contributed by atoms with Gasteiger partial charge in [0.25, 0.3) is 0 Å². The Kier molecular flexibility index (Phi) is 5.81. The van der Waals surface area contributed by atoms with E-state index >= 15 is 0 Å². The van der Waals surface area contributed by atoms with Gasteiger partial charge < -0.3 is 5.11 Å². The van der Waals surface area contributed by atoms with Crippen molar-refractivity contribution in [2.75, 3.05) is 6.54 Å². The normalized spacial score (nSPS) is 25.0. The molecule has 3 heteroatoms. The zero-order valence-electron chi connectivity index (χ0n) is 10.6. The molecular formula is C13H25NO2. The lowest BCUT2D eigenvalue weighted by molar-refractivity contribution is -0.144. The number of carboxylic acid groups (broad SMARTS) is 1. The standard InChI is InChI=1S/C13H25NO2/c1-3-4-9-12(13(15)16)14-10-7-5-6-8-11(14)2/h11-12H,3-10H2,1-2H3,(H,15,16). The highest BCUT2D eigenvalue weighted by Gasteiger charge is 2.29. The Morgan fingerprint density at radius 1 is 1.44 bits per heavy atom. The third-order valence-electron chi connectivity index (χ3n) is 3.62. The van der Waals surface area contributed by atoms with Crippen molar-refractivity contribution < 1.29 is 9.90 Å². The van der Waals surface area contributed by atoms with E-state index in [1.807, 2.05) is 0 Å². The number of unbranched alkanes of at least 4 members (excludes halogenated alkanes) is 1. The maximum absolute atomic E-state index is 11.3. The summed E-state index contributed by atoms with van der Waals surface area (Å²) in [5.74, 6) is -0.637. The minimum absolute atomic E-state index is 0.256. The summed E-state index contributed by atoms with van der Waals surface area (Å²) in [6.45, 7) is 5.25. The van der Waals surface area contributed by atoms with Crippen LogP contribution in [0.4, 0.5) is 0 Å². The molecule has 0 aromatic rings. The van der Waals surface area contributed by atoms with Crippen molar-refractivity contribution in [3.63, 3.8) is 0 Å². The molecule has 1 aliphatic heterocycles. The minimum atomic E-state index is -0.637. The summed E-state index contributed by atoms with van der Waals surface area (Å²) in [6, 6.07) is 0.175. The Morgan fingerprint density at radius 2 is 2.19 bits per heavy atom. The van der Waals surface area contributed by atoms with Crippen molar-refractivity contribution in [3.05, 3.63) is 0 Å². The molecule has 0 radical (unpaired) electrons. The fourth-order valence-corrected chi connectivity index (χ4v) is 2.59. The van der Waals surface area contributed by atoms with Crippen LogP contribution >= 0.6 is 0 Å². The second-order valence-corrected chi connectivity index (χ2v) is 4.93. The molecule has 0 aromatic carbocycles. The van der Waals surface area contributed by atoms with Gasteiger partial charge in [-0.1, -0.05) is 32.6 Å². The summed E-state index contributed by atoms with van der Waals surface area (Å²) in [6.07, 6.45) is 7.69. The van der Waals surface area contributed by atoms with Gasteiger partial charge in [0.1, 0.15) is 6.04 Å². The van der Waals surface area contributed by atoms with Gasteiger partial charge in [0.2, 0.25) is 0 Å². The van der Waals surface area contributed by atoms with E-state index in [4.69, 9.17) is 0 Å². The Labute approximate surface area is 98.8 Å². The molecule has 2 unspecified atom stereocenters. The third-order valence-corrected chi connectivity index (χ3v) is 3.62. The maximum atomic E-state index is 11.3. The van der Waals surface area contributed by atoms with E-state index in [0.29, 0.717) is 6.04 Å². The number of likely N-dealkylation sites (tertiary alicyclic amines) is 1. The zero-order chi connectivity index (χ0) is 12.0. The smallest absolute Gasteiger partial charge is 0.320 e. The lowest BCUT2D eigenvalue weighted by atomic mass is 10.1. The van der Waals surface area contributed by atoms with Crippen molar-refractivity contribution >= 4 is 5.97 Å². The van der Waals surface area contributed by atoms with E-state index in [-0.39, 0.29) is 6.04 Å². The molecule has 1 aliphatic rings. The van der Waals surface area contributed by atoms with Gasteiger partial charge in [0, 0.05) is 6.04 Å². The minimum Gasteiger partial charge on any atom is -0.480 e. The highest BCUT2D eigenvalue weighted by molar-refractivity contribution is 5.73. The maximum Gasteiger partial charge on any atom is 0.320 e. The summed E-state index contributed by atoms with van der Waals surface area (Å²) in [4.78, 5) is 13.5. The third kappa shape index (κ3) is 3.78. The molecule has 0 aromatic heterocycles. The number of carbonyl (C=O) groups is 1. The van der Waals surface area contributed by atoms with Gasteiger partial charge >= 0.3 is 5.97 Å². The van der Waals surface area contributed by atoms with E-state index in [1.54, 1.807) is 0 Å². The van der Waals surface area contributed by atoms with E-state index in [2.05, 4.69) is 18.7 Å². The van der Waals surface area contributed by atoms with Crippen LogP contribution in [-0.2, 0) is 4.79 Å². The number of aliphatic carboxylic acids is 1. The van der Waals surface area contributed by atoms with Gasteiger partial charge in [-0.3, -0.25) is 9.69 Å². The molecule has 0 saturated carbocycles. The molecule has 0 bridgehead atoms. The number of rotatable bonds is 5. The van der Waals surface area contributed by atoms with Crippen molar-refractivity contribution in [3.8, 4) is 0 Å². The van der Waals surface area contributed by atoms with Crippen molar-refractivity contribution in [1.29, 1.82) is 0 Å². The van der Waals surface area contributed by atoms with Gasteiger partial charge in [0.15, 0.2) is 0 Å². The molecule has 94 valence electrons. The van der Waals surface area contributed by atoms with Crippen molar-refractivity contribution in [2.24, 2.45) is 0 Å². The first-order valence-electron chi connectivity index (χ1n) is 6.65. The molecule has 2 atom stereocenters. The fourth-order valence-electron chi connectivity index (χ4n) is 2.59. The lowest BCUT2D eigenvalue weighted by Crippen LogP contribution is -2.46. The SMILES string of the molecule is CCCCC(C(=O)O)N1CCCCCC1C. The predicted octanol–water partition coefficient (Wildman–Crippen LogP) is 2.89. The first-order valence-corrected chi connectivity index (χ1v) is 6.65. The molecule has 3 nitrogen and oxygen atoms in total. The number of hydrogen-bond donors (Lipinski definition) is 1. The van der Waals surface area contributed by atoms with Gasteiger partial charge in [0.05, 0.1) is 0 Å². The topological polar surface area (TPSA) is 40.5 Å². The Hall–Kier alpha value is -0.570. The highest BCUT2D eigenvalue weighted by Crippen LogP contribution is 2.21. The summed E-state index contributed by atoms with van der Waals surface area (Å²) in [5, 5.41) is 9.32. The summed E-state index contributed by atoms with van der Waals surface area (Å²) >= 11 is 0. The van der Waals surface area contributed by atoms with Crippen LogP contribution in [0.5, 0.6) is 0 Å². The van der Waals surface area contributed by atoms with Crippen LogP contribution in [0.3, 0.4) is 0 Å². The monoisotopic (exact) mass is 227 g/mol. The van der Waals surface area contributed by atoms with E-state index < -0.39 is 5.97 Å². The van der Waals surface area contributed by atoms with Crippen molar-refractivity contribution in [2.45, 2.75) is 70.9 Å². The van der Waals surface area contributed by atoms with Crippen LogP contribution in [0, 0.1) is 0 Å². The Morgan fingerprint density at radius 3 is 2.81 bits per heavy atom. The largest absolute Gasteiger partial charge is 0.480 e. The van der Waals surface area contributed by atoms with Crippen LogP contribution in [0.2, 0.25) is 0 Å². The van der Waals surface area contributed by atoms with Crippen LogP contribution < -0.4 is 0 Å². The fraction of sp³-hybridized carbons (Fsp3) is 0.923. The van der Waals surface area contributed by atoms with Crippen molar-refractivity contribution in [1.82, 2.24) is 4.90 Å². The molecule has 1 heterocycles. The van der Waals surface area contributed by atoms with Gasteiger partial charge in [-0.2, -0.15) is 0 Å². The van der Waals surface area contributed by atoms with Crippen LogP contribution in [0.15, 0.2) is 0 Å². The molecule has 1 N–H and O–H groups in total. The molecule has 0 aliphatic carbocycles. The van der Waals surface area contributed by atoms with E-state index in [1.165, 1.54) is 12.8 Å². The van der Waals surface area contributed by atoms with Gasteiger partial charge in [-0.05, 0) is 32.7 Å². The molecule has 1 saturated heterocycles. The number of carboxylic acids is 1. The second kappa shape index (κ2) is 6.89. The average Bonchev–Trinajstić information content (AvgIpc) is 2.44. The quantitative estimate of drug-likeness (QED) is 0.785. The summed E-state index contributed by atoms with van der Waals surface area (Å²) in [7, 11) is 0. The Bertz CT molecular complexity index is 218. The molecule has 1 fully saturated rings. The molecule has 16 heavy (non-hydrogen) atoms. The second-order valence-electron chi connectivity index (χ2n) is 4.93. The predicted molar refractivity (Wildman–Crippen MR) is 65.6 cm³/mol. The van der Waals surface area contributed by atoms with E-state index in [9.17, 15) is 9.90 Å². The molecule has 0 amide bonds. The van der Waals surface area contributed by atoms with Crippen LogP contribution in [0.25, 0.3) is 0 Å². The highest BCUT2D eigenvalue weighted by atomic mass is 16.4. The molecule has 1 rings (SSSR count). The first kappa shape index (κ1) is 13.5. The number of hydrogen-bond acceptors (Lipinski definition) is 2. The molecule has 0 spiro atoms. The molecular weight excluding hydrogens is 202 g/mol. The number of nitrogens with zero attached hydrogens (tertiary/aromatic N) is 1. The van der Waals surface area contributed by atoms with Crippen LogP contribution in [-0.4, -0.2) is 34.6 Å². The van der Waals surface area contributed by atoms with Crippen LogP contribution in [0.1, 0.15) is 58.8 Å².